The molecule has 3 N–H and O–H groups in total. The van der Waals surface area contributed by atoms with Crippen molar-refractivity contribution in [1.29, 1.82) is 5.26 Å². The minimum absolute atomic E-state index is 0.0209. The fourth-order valence-electron chi connectivity index (χ4n) is 2.42. The molecule has 0 saturated carbocycles. The minimum Gasteiger partial charge on any atom is -0.383 e. The molecule has 0 spiro atoms. The van der Waals surface area contributed by atoms with Gasteiger partial charge < -0.3 is 11.1 Å². The predicted molar refractivity (Wildman–Crippen MR) is 86.2 cm³/mol. The van der Waals surface area contributed by atoms with Crippen molar-refractivity contribution in [2.24, 2.45) is 0 Å². The SMILES string of the molecule is Cc1nc2ncnn2c(N)c1Cc1ccc(C#N)c(NCC(F)(F)F)n1. The van der Waals surface area contributed by atoms with Gasteiger partial charge in [-0.05, 0) is 19.1 Å². The lowest BCUT2D eigenvalue weighted by molar-refractivity contribution is -0.115. The molecule has 8 nitrogen and oxygen atoms in total. The summed E-state index contributed by atoms with van der Waals surface area (Å²) in [5.41, 5.74) is 7.79. The average molecular weight is 362 g/mol. The van der Waals surface area contributed by atoms with E-state index in [4.69, 9.17) is 11.0 Å². The normalized spacial score (nSPS) is 11.5. The number of aromatic nitrogens is 5. The molecule has 0 radical (unpaired) electrons. The first-order valence-electron chi connectivity index (χ1n) is 7.44. The van der Waals surface area contributed by atoms with Gasteiger partial charge in [-0.25, -0.2) is 9.97 Å². The van der Waals surface area contributed by atoms with E-state index in [2.05, 4.69) is 25.4 Å². The van der Waals surface area contributed by atoms with Crippen LogP contribution in [0.4, 0.5) is 24.8 Å². The molecule has 3 aromatic rings. The van der Waals surface area contributed by atoms with Crippen LogP contribution in [0, 0.1) is 18.3 Å². The first-order valence-corrected chi connectivity index (χ1v) is 7.44. The van der Waals surface area contributed by atoms with Crippen LogP contribution in [0.25, 0.3) is 5.78 Å². The molecule has 0 amide bonds. The van der Waals surface area contributed by atoms with E-state index < -0.39 is 12.7 Å². The fourth-order valence-corrected chi connectivity index (χ4v) is 2.42. The Morgan fingerprint density at radius 1 is 1.31 bits per heavy atom. The number of nitrogens with two attached hydrogens (primary N) is 1. The summed E-state index contributed by atoms with van der Waals surface area (Å²) in [5.74, 6) is 0.540. The molecule has 0 saturated heterocycles. The molecule has 3 aromatic heterocycles. The Morgan fingerprint density at radius 3 is 2.77 bits per heavy atom. The van der Waals surface area contributed by atoms with E-state index in [1.807, 2.05) is 6.07 Å². The summed E-state index contributed by atoms with van der Waals surface area (Å²) in [6.45, 7) is 0.457. The number of nitrogens with one attached hydrogen (secondary N) is 1. The fraction of sp³-hybridized carbons (Fsp3) is 0.267. The van der Waals surface area contributed by atoms with Crippen molar-refractivity contribution in [3.05, 3.63) is 41.0 Å². The molecule has 3 heterocycles. The first kappa shape index (κ1) is 17.4. The highest BCUT2D eigenvalue weighted by Gasteiger charge is 2.27. The largest absolute Gasteiger partial charge is 0.405 e. The van der Waals surface area contributed by atoms with Gasteiger partial charge in [0.1, 0.15) is 30.6 Å². The number of aryl methyl sites for hydroxylation is 1. The monoisotopic (exact) mass is 362 g/mol. The van der Waals surface area contributed by atoms with E-state index in [0.29, 0.717) is 28.5 Å². The molecule has 0 aliphatic rings. The maximum Gasteiger partial charge on any atom is 0.405 e. The lowest BCUT2D eigenvalue weighted by Gasteiger charge is -2.13. The van der Waals surface area contributed by atoms with Crippen LogP contribution in [0.2, 0.25) is 0 Å². The Bertz CT molecular complexity index is 1000. The van der Waals surface area contributed by atoms with E-state index in [1.54, 1.807) is 13.0 Å². The highest BCUT2D eigenvalue weighted by atomic mass is 19.4. The summed E-state index contributed by atoms with van der Waals surface area (Å²) in [4.78, 5) is 12.4. The van der Waals surface area contributed by atoms with Gasteiger partial charge in [-0.3, -0.25) is 0 Å². The average Bonchev–Trinajstić information content (AvgIpc) is 3.04. The maximum absolute atomic E-state index is 12.4. The van der Waals surface area contributed by atoms with Gasteiger partial charge in [0.2, 0.25) is 0 Å². The van der Waals surface area contributed by atoms with Crippen LogP contribution < -0.4 is 11.1 Å². The van der Waals surface area contributed by atoms with E-state index in [0.717, 1.165) is 0 Å². The third-order valence-corrected chi connectivity index (χ3v) is 3.66. The lowest BCUT2D eigenvalue weighted by atomic mass is 10.1. The number of fused-ring (bicyclic) bond motifs is 1. The van der Waals surface area contributed by atoms with Crippen molar-refractivity contribution in [3.63, 3.8) is 0 Å². The zero-order chi connectivity index (χ0) is 18.9. The second-order valence-electron chi connectivity index (χ2n) is 5.49. The van der Waals surface area contributed by atoms with E-state index in [-0.39, 0.29) is 17.8 Å². The standard InChI is InChI=1S/C15H13F3N8/c1-8-11(12(20)26-14(24-8)22-7-23-26)4-10-3-2-9(5-19)13(25-10)21-6-15(16,17)18/h2-3,7H,4,6,20H2,1H3,(H,21,25). The highest BCUT2D eigenvalue weighted by molar-refractivity contribution is 5.54. The molecule has 26 heavy (non-hydrogen) atoms. The van der Waals surface area contributed by atoms with E-state index in [9.17, 15) is 13.2 Å². The van der Waals surface area contributed by atoms with Crippen LogP contribution in [0.5, 0.6) is 0 Å². The summed E-state index contributed by atoms with van der Waals surface area (Å²) in [7, 11) is 0. The highest BCUT2D eigenvalue weighted by Crippen LogP contribution is 2.22. The number of nitrogens with zero attached hydrogens (tertiary/aromatic N) is 6. The molecular formula is C15H13F3N8. The topological polar surface area (TPSA) is 118 Å². The summed E-state index contributed by atoms with van der Waals surface area (Å²) in [6, 6.07) is 4.78. The predicted octanol–water partition coefficient (Wildman–Crippen LogP) is 1.85. The van der Waals surface area contributed by atoms with Gasteiger partial charge in [-0.1, -0.05) is 0 Å². The summed E-state index contributed by atoms with van der Waals surface area (Å²) in [5, 5.41) is 15.2. The molecule has 3 rings (SSSR count). The van der Waals surface area contributed by atoms with E-state index in [1.165, 1.54) is 16.9 Å². The van der Waals surface area contributed by atoms with Crippen molar-refractivity contribution in [1.82, 2.24) is 24.6 Å². The molecular weight excluding hydrogens is 349 g/mol. The van der Waals surface area contributed by atoms with Crippen molar-refractivity contribution >= 4 is 17.4 Å². The van der Waals surface area contributed by atoms with Crippen LogP contribution >= 0.6 is 0 Å². The minimum atomic E-state index is -4.42. The smallest absolute Gasteiger partial charge is 0.383 e. The summed E-state index contributed by atoms with van der Waals surface area (Å²) in [6.07, 6.45) is -2.89. The van der Waals surface area contributed by atoms with Crippen molar-refractivity contribution in [2.75, 3.05) is 17.6 Å². The molecule has 0 unspecified atom stereocenters. The number of nitriles is 1. The molecule has 0 aromatic carbocycles. The summed E-state index contributed by atoms with van der Waals surface area (Å²) >= 11 is 0. The van der Waals surface area contributed by atoms with Gasteiger partial charge >= 0.3 is 6.18 Å². The Hall–Kier alpha value is -3.42. The number of nitrogen functional groups attached to an aromatic ring is 1. The first-order chi connectivity index (χ1) is 12.3. The second-order valence-corrected chi connectivity index (χ2v) is 5.49. The van der Waals surface area contributed by atoms with Crippen molar-refractivity contribution in [2.45, 2.75) is 19.5 Å². The number of rotatable bonds is 4. The van der Waals surface area contributed by atoms with Gasteiger partial charge in [0.25, 0.3) is 5.78 Å². The number of hydrogen-bond donors (Lipinski definition) is 2. The number of alkyl halides is 3. The van der Waals surface area contributed by atoms with Crippen LogP contribution in [-0.4, -0.2) is 37.3 Å². The van der Waals surface area contributed by atoms with Crippen LogP contribution in [0.3, 0.4) is 0 Å². The van der Waals surface area contributed by atoms with Crippen molar-refractivity contribution in [3.8, 4) is 6.07 Å². The molecule has 11 heteroatoms. The second kappa shape index (κ2) is 6.47. The quantitative estimate of drug-likeness (QED) is 0.727. The zero-order valence-corrected chi connectivity index (χ0v) is 13.5. The molecule has 0 bridgehead atoms. The maximum atomic E-state index is 12.4. The van der Waals surface area contributed by atoms with Crippen LogP contribution in [-0.2, 0) is 6.42 Å². The van der Waals surface area contributed by atoms with E-state index >= 15 is 0 Å². The molecule has 0 aliphatic carbocycles. The van der Waals surface area contributed by atoms with Crippen LogP contribution in [0.15, 0.2) is 18.5 Å². The number of anilines is 2. The Balaban J connectivity index is 1.94. The Kier molecular flexibility index (Phi) is 4.33. The van der Waals surface area contributed by atoms with Gasteiger partial charge in [-0.2, -0.15) is 33.0 Å². The zero-order valence-electron chi connectivity index (χ0n) is 13.5. The Morgan fingerprint density at radius 2 is 2.08 bits per heavy atom. The molecule has 0 fully saturated rings. The molecule has 0 aliphatic heterocycles. The van der Waals surface area contributed by atoms with Crippen molar-refractivity contribution < 1.29 is 13.2 Å². The number of hydrogen-bond acceptors (Lipinski definition) is 7. The number of pyridine rings is 1. The molecule has 0 atom stereocenters. The Labute approximate surface area is 145 Å². The van der Waals surface area contributed by atoms with Gasteiger partial charge in [0.15, 0.2) is 0 Å². The number of halogens is 3. The third kappa shape index (κ3) is 3.49. The lowest BCUT2D eigenvalue weighted by Crippen LogP contribution is -2.22. The van der Waals surface area contributed by atoms with Gasteiger partial charge in [-0.15, -0.1) is 0 Å². The van der Waals surface area contributed by atoms with Gasteiger partial charge in [0.05, 0.1) is 5.56 Å². The summed E-state index contributed by atoms with van der Waals surface area (Å²) < 4.78 is 38.7. The van der Waals surface area contributed by atoms with Gasteiger partial charge in [0, 0.05) is 23.4 Å². The van der Waals surface area contributed by atoms with Crippen LogP contribution in [0.1, 0.15) is 22.5 Å². The molecule has 134 valence electrons. The third-order valence-electron chi connectivity index (χ3n) is 3.66.